The van der Waals surface area contributed by atoms with E-state index >= 15 is 0 Å². The van der Waals surface area contributed by atoms with Crippen LogP contribution in [-0.4, -0.2) is 36.5 Å². The Kier molecular flexibility index (Phi) is 3.57. The van der Waals surface area contributed by atoms with Gasteiger partial charge in [0.05, 0.1) is 6.04 Å². The minimum Gasteiger partial charge on any atom is -0.372 e. The number of carbonyl (C=O) groups excluding carboxylic acids is 1. The molecular formula is C14H21N3O. The molecule has 18 heavy (non-hydrogen) atoms. The fraction of sp³-hybridized carbons (Fsp3) is 0.500. The Labute approximate surface area is 108 Å². The third-order valence-corrected chi connectivity index (χ3v) is 3.49. The molecule has 1 amide bonds. The lowest BCUT2D eigenvalue weighted by molar-refractivity contribution is -0.134. The van der Waals surface area contributed by atoms with Gasteiger partial charge in [-0.15, -0.1) is 0 Å². The zero-order valence-corrected chi connectivity index (χ0v) is 11.3. The number of para-hydroxylation sites is 1. The molecule has 0 saturated heterocycles. The van der Waals surface area contributed by atoms with Crippen LogP contribution in [0.2, 0.25) is 0 Å². The summed E-state index contributed by atoms with van der Waals surface area (Å²) in [6.45, 7) is 5.29. The number of carbonyl (C=O) groups is 1. The molecule has 2 atom stereocenters. The van der Waals surface area contributed by atoms with Crippen molar-refractivity contribution in [2.75, 3.05) is 18.5 Å². The van der Waals surface area contributed by atoms with Gasteiger partial charge in [-0.3, -0.25) is 4.79 Å². The topological polar surface area (TPSA) is 49.6 Å². The molecular weight excluding hydrogens is 226 g/mol. The molecule has 4 heteroatoms. The van der Waals surface area contributed by atoms with Crippen molar-refractivity contribution in [1.82, 2.24) is 4.90 Å². The summed E-state index contributed by atoms with van der Waals surface area (Å²) in [5, 5.41) is 0. The Morgan fingerprint density at radius 3 is 2.78 bits per heavy atom. The smallest absolute Gasteiger partial charge is 0.239 e. The molecule has 1 aliphatic rings. The number of hydrogen-bond acceptors (Lipinski definition) is 3. The van der Waals surface area contributed by atoms with Crippen LogP contribution in [-0.2, 0) is 11.3 Å². The highest BCUT2D eigenvalue weighted by Gasteiger charge is 2.28. The Bertz CT molecular complexity index is 444. The Balaban J connectivity index is 2.34. The van der Waals surface area contributed by atoms with Crippen LogP contribution < -0.4 is 10.6 Å². The zero-order valence-electron chi connectivity index (χ0n) is 11.3. The summed E-state index contributed by atoms with van der Waals surface area (Å²) >= 11 is 0. The number of fused-ring (bicyclic) bond motifs is 1. The van der Waals surface area contributed by atoms with Crippen LogP contribution in [0.1, 0.15) is 19.4 Å². The summed E-state index contributed by atoms with van der Waals surface area (Å²) in [4.78, 5) is 16.2. The average molecular weight is 247 g/mol. The summed E-state index contributed by atoms with van der Waals surface area (Å²) in [5.41, 5.74) is 8.11. The van der Waals surface area contributed by atoms with Crippen molar-refractivity contribution in [2.24, 2.45) is 5.73 Å². The number of anilines is 1. The predicted molar refractivity (Wildman–Crippen MR) is 73.4 cm³/mol. The van der Waals surface area contributed by atoms with Crippen molar-refractivity contribution >= 4 is 11.6 Å². The molecule has 2 N–H and O–H groups in total. The lowest BCUT2D eigenvalue weighted by Crippen LogP contribution is -2.48. The quantitative estimate of drug-likeness (QED) is 0.811. The fourth-order valence-electron chi connectivity index (χ4n) is 2.51. The molecule has 0 aliphatic carbocycles. The molecule has 0 bridgehead atoms. The molecule has 0 aromatic heterocycles. The van der Waals surface area contributed by atoms with Gasteiger partial charge in [0.1, 0.15) is 0 Å². The Hall–Kier alpha value is -1.55. The van der Waals surface area contributed by atoms with Crippen LogP contribution >= 0.6 is 0 Å². The molecule has 1 aromatic rings. The van der Waals surface area contributed by atoms with Gasteiger partial charge in [-0.2, -0.15) is 0 Å². The number of hydrogen-bond donors (Lipinski definition) is 1. The number of likely N-dealkylation sites (N-methyl/N-ethyl adjacent to an activating group) is 1. The van der Waals surface area contributed by atoms with E-state index in [4.69, 9.17) is 5.73 Å². The van der Waals surface area contributed by atoms with Gasteiger partial charge in [0.2, 0.25) is 5.91 Å². The van der Waals surface area contributed by atoms with E-state index in [1.54, 1.807) is 6.92 Å². The van der Waals surface area contributed by atoms with E-state index < -0.39 is 6.04 Å². The minimum atomic E-state index is -0.442. The van der Waals surface area contributed by atoms with Gasteiger partial charge in [0, 0.05) is 31.9 Å². The van der Waals surface area contributed by atoms with Crippen molar-refractivity contribution in [3.05, 3.63) is 29.8 Å². The Morgan fingerprint density at radius 2 is 2.11 bits per heavy atom. The molecule has 4 nitrogen and oxygen atoms in total. The van der Waals surface area contributed by atoms with Crippen molar-refractivity contribution in [3.8, 4) is 0 Å². The monoisotopic (exact) mass is 247 g/mol. The number of rotatable bonds is 1. The molecule has 0 radical (unpaired) electrons. The first kappa shape index (κ1) is 12.9. The largest absolute Gasteiger partial charge is 0.372 e. The maximum Gasteiger partial charge on any atom is 0.239 e. The summed E-state index contributed by atoms with van der Waals surface area (Å²) in [6.07, 6.45) is 0. The Morgan fingerprint density at radius 1 is 1.44 bits per heavy atom. The van der Waals surface area contributed by atoms with E-state index in [-0.39, 0.29) is 11.9 Å². The van der Waals surface area contributed by atoms with Crippen LogP contribution in [0.15, 0.2) is 24.3 Å². The highest BCUT2D eigenvalue weighted by Crippen LogP contribution is 2.26. The molecule has 98 valence electrons. The second-order valence-corrected chi connectivity index (χ2v) is 5.11. The van der Waals surface area contributed by atoms with Crippen LogP contribution in [0.4, 0.5) is 5.69 Å². The minimum absolute atomic E-state index is 0.0209. The second kappa shape index (κ2) is 4.98. The van der Waals surface area contributed by atoms with Gasteiger partial charge in [-0.05, 0) is 25.5 Å². The van der Waals surface area contributed by atoms with Crippen molar-refractivity contribution < 1.29 is 4.79 Å². The molecule has 0 saturated carbocycles. The van der Waals surface area contributed by atoms with Crippen molar-refractivity contribution in [2.45, 2.75) is 32.5 Å². The number of amides is 1. The summed E-state index contributed by atoms with van der Waals surface area (Å²) in [5.74, 6) is 0.0209. The van der Waals surface area contributed by atoms with E-state index in [9.17, 15) is 4.79 Å². The van der Waals surface area contributed by atoms with E-state index in [0.717, 1.165) is 6.54 Å². The van der Waals surface area contributed by atoms with Crippen LogP contribution in [0.25, 0.3) is 0 Å². The number of nitrogens with zero attached hydrogens (tertiary/aromatic N) is 2. The third kappa shape index (κ3) is 2.34. The van der Waals surface area contributed by atoms with Crippen molar-refractivity contribution in [3.63, 3.8) is 0 Å². The van der Waals surface area contributed by atoms with Crippen LogP contribution in [0.5, 0.6) is 0 Å². The summed E-state index contributed by atoms with van der Waals surface area (Å²) in [7, 11) is 2.06. The van der Waals surface area contributed by atoms with E-state index in [1.807, 2.05) is 17.0 Å². The van der Waals surface area contributed by atoms with Crippen LogP contribution in [0, 0.1) is 0 Å². The highest BCUT2D eigenvalue weighted by atomic mass is 16.2. The molecule has 1 aliphatic heterocycles. The van der Waals surface area contributed by atoms with Gasteiger partial charge in [0.15, 0.2) is 0 Å². The average Bonchev–Trinajstić information content (AvgIpc) is 2.46. The van der Waals surface area contributed by atoms with E-state index in [1.165, 1.54) is 11.3 Å². The predicted octanol–water partition coefficient (Wildman–Crippen LogP) is 1.20. The third-order valence-electron chi connectivity index (χ3n) is 3.49. The first-order valence-corrected chi connectivity index (χ1v) is 6.36. The van der Waals surface area contributed by atoms with Crippen LogP contribution in [0.3, 0.4) is 0 Å². The number of nitrogens with two attached hydrogens (primary N) is 1. The first-order chi connectivity index (χ1) is 8.50. The molecule has 1 aromatic carbocycles. The summed E-state index contributed by atoms with van der Waals surface area (Å²) in [6, 6.07) is 7.94. The lowest BCUT2D eigenvalue weighted by atomic mass is 10.1. The van der Waals surface area contributed by atoms with Gasteiger partial charge in [-0.1, -0.05) is 18.2 Å². The zero-order chi connectivity index (χ0) is 13.3. The molecule has 0 spiro atoms. The maximum absolute atomic E-state index is 12.2. The normalized spacial score (nSPS) is 21.2. The highest BCUT2D eigenvalue weighted by molar-refractivity contribution is 5.82. The first-order valence-electron chi connectivity index (χ1n) is 6.36. The second-order valence-electron chi connectivity index (χ2n) is 5.11. The molecule has 2 rings (SSSR count). The molecule has 1 heterocycles. The SMILES string of the molecule is CC(N)C(=O)N1Cc2ccccc2N(C)CC1C. The maximum atomic E-state index is 12.2. The number of benzene rings is 1. The fourth-order valence-corrected chi connectivity index (χ4v) is 2.51. The van der Waals surface area contributed by atoms with E-state index in [0.29, 0.717) is 6.54 Å². The van der Waals surface area contributed by atoms with Gasteiger partial charge < -0.3 is 15.5 Å². The summed E-state index contributed by atoms with van der Waals surface area (Å²) < 4.78 is 0. The molecule has 2 unspecified atom stereocenters. The molecule has 0 fully saturated rings. The standard InChI is InChI=1S/C14H21N3O/c1-10-8-16(3)13-7-5-4-6-12(13)9-17(10)14(18)11(2)15/h4-7,10-11H,8-9,15H2,1-3H3. The lowest BCUT2D eigenvalue weighted by Gasteiger charge is -2.29. The van der Waals surface area contributed by atoms with Gasteiger partial charge >= 0.3 is 0 Å². The van der Waals surface area contributed by atoms with Crippen molar-refractivity contribution in [1.29, 1.82) is 0 Å². The van der Waals surface area contributed by atoms with Gasteiger partial charge in [0.25, 0.3) is 0 Å². The van der Waals surface area contributed by atoms with E-state index in [2.05, 4.69) is 31.0 Å². The van der Waals surface area contributed by atoms with Gasteiger partial charge in [-0.25, -0.2) is 0 Å².